The number of primary amides is 1. The zero-order valence-electron chi connectivity index (χ0n) is 28.6. The summed E-state index contributed by atoms with van der Waals surface area (Å²) in [7, 11) is -3.57. The van der Waals surface area contributed by atoms with E-state index in [1.54, 1.807) is 41.5 Å². The number of urea groups is 1. The van der Waals surface area contributed by atoms with Crippen LogP contribution in [0.1, 0.15) is 100 Å². The van der Waals surface area contributed by atoms with Crippen molar-refractivity contribution in [3.63, 3.8) is 0 Å². The van der Waals surface area contributed by atoms with Crippen LogP contribution in [0.4, 0.5) is 4.79 Å². The second-order valence-electron chi connectivity index (χ2n) is 16.0. The molecule has 0 aromatic heterocycles. The number of carbonyl (C=O) groups is 5. The first-order valence-electron chi connectivity index (χ1n) is 16.2. The summed E-state index contributed by atoms with van der Waals surface area (Å²) in [6, 6.07) is -3.88. The normalized spacial score (nSPS) is 24.8. The lowest BCUT2D eigenvalue weighted by Gasteiger charge is -2.41. The highest BCUT2D eigenvalue weighted by atomic mass is 32.2. The highest BCUT2D eigenvalue weighted by Crippen LogP contribution is 2.65. The fourth-order valence-electron chi connectivity index (χ4n) is 7.08. The zero-order chi connectivity index (χ0) is 35.0. The topological polar surface area (TPSA) is 185 Å². The van der Waals surface area contributed by atoms with Crippen molar-refractivity contribution >= 4 is 39.4 Å². The van der Waals surface area contributed by atoms with E-state index in [9.17, 15) is 32.4 Å². The van der Waals surface area contributed by atoms with Crippen molar-refractivity contribution in [3.05, 3.63) is 0 Å². The van der Waals surface area contributed by atoms with Crippen LogP contribution in [0.5, 0.6) is 0 Å². The van der Waals surface area contributed by atoms with E-state index in [1.807, 2.05) is 13.8 Å². The summed E-state index contributed by atoms with van der Waals surface area (Å²) >= 11 is 0. The van der Waals surface area contributed by atoms with E-state index < -0.39 is 73.2 Å². The monoisotopic (exact) mass is 663 g/mol. The number of Topliss-reactive ketones (excluding diaryl/α,β-unsaturated/α-hetero) is 1. The lowest BCUT2D eigenvalue weighted by molar-refractivity contribution is -0.145. The summed E-state index contributed by atoms with van der Waals surface area (Å²) in [5, 5.41) is 8.43. The number of ketones is 1. The molecule has 2 saturated carbocycles. The first-order chi connectivity index (χ1) is 21.0. The molecule has 0 aromatic rings. The first kappa shape index (κ1) is 37.3. The van der Waals surface area contributed by atoms with E-state index in [0.29, 0.717) is 12.8 Å². The molecule has 12 nitrogen and oxygen atoms in total. The van der Waals surface area contributed by atoms with Gasteiger partial charge in [0.15, 0.2) is 9.84 Å². The molecule has 3 fully saturated rings. The Morgan fingerprint density at radius 1 is 1.00 bits per heavy atom. The number of hydrogen-bond donors (Lipinski definition) is 4. The van der Waals surface area contributed by atoms with Gasteiger partial charge in [-0.1, -0.05) is 53.9 Å². The minimum atomic E-state index is -3.57. The van der Waals surface area contributed by atoms with Gasteiger partial charge < -0.3 is 26.6 Å². The number of nitrogens with two attached hydrogens (primary N) is 1. The van der Waals surface area contributed by atoms with Crippen LogP contribution < -0.4 is 21.7 Å². The summed E-state index contributed by atoms with van der Waals surface area (Å²) in [6.07, 6.45) is 8.97. The maximum atomic E-state index is 14.3. The van der Waals surface area contributed by atoms with Crippen LogP contribution in [-0.2, 0) is 29.0 Å². The van der Waals surface area contributed by atoms with Crippen LogP contribution in [0.15, 0.2) is 0 Å². The number of rotatable bonds is 11. The van der Waals surface area contributed by atoms with E-state index in [4.69, 9.17) is 12.2 Å². The van der Waals surface area contributed by atoms with E-state index in [1.165, 1.54) is 4.90 Å². The number of fused-ring (bicyclic) bond motifs is 1. The van der Waals surface area contributed by atoms with Crippen LogP contribution >= 0.6 is 0 Å². The molecule has 2 aliphatic carbocycles. The van der Waals surface area contributed by atoms with Gasteiger partial charge in [0.05, 0.1) is 22.1 Å². The lowest BCUT2D eigenvalue weighted by Crippen LogP contribution is -2.64. The molecule has 0 bridgehead atoms. The number of nitrogens with zero attached hydrogens (tertiary/aromatic N) is 1. The molecule has 1 aliphatic heterocycles. The van der Waals surface area contributed by atoms with Gasteiger partial charge >= 0.3 is 6.03 Å². The van der Waals surface area contributed by atoms with Gasteiger partial charge in [-0.05, 0) is 62.7 Å². The molecule has 5 N–H and O–H groups in total. The second-order valence-corrected chi connectivity index (χ2v) is 18.8. The van der Waals surface area contributed by atoms with Crippen molar-refractivity contribution in [1.82, 2.24) is 20.9 Å². The molecule has 0 radical (unpaired) electrons. The van der Waals surface area contributed by atoms with E-state index in [0.717, 1.165) is 19.3 Å². The van der Waals surface area contributed by atoms with Gasteiger partial charge in [0.1, 0.15) is 12.1 Å². The lowest BCUT2D eigenvalue weighted by atomic mass is 9.83. The zero-order valence-corrected chi connectivity index (χ0v) is 29.4. The molecule has 5 amide bonds. The maximum absolute atomic E-state index is 14.3. The number of carbonyl (C=O) groups excluding carboxylic acids is 5. The second kappa shape index (κ2) is 13.2. The van der Waals surface area contributed by atoms with Gasteiger partial charge in [0.25, 0.3) is 5.91 Å². The Morgan fingerprint density at radius 2 is 1.59 bits per heavy atom. The maximum Gasteiger partial charge on any atom is 0.315 e. The highest BCUT2D eigenvalue weighted by molar-refractivity contribution is 7.92. The van der Waals surface area contributed by atoms with Crippen LogP contribution in [0.2, 0.25) is 0 Å². The molecule has 1 saturated heterocycles. The molecule has 0 spiro atoms. The van der Waals surface area contributed by atoms with E-state index in [2.05, 4.69) is 21.9 Å². The standard InChI is InChI=1S/C33H53N5O7S/c1-10-11-15-21(24(39)26(34)40)35-27(41)23-22-20(32(22,8)9)18-38(23)28(42)25(30(2,3)4)36-29(43)37-33(16-13-12-14-17-33)19-46(44,45)31(5,6)7/h1,20-23,25H,11-19H2,2-9H3,(H2,34,40)(H,35,41)(H2,36,37,43)/t20?,21?,22?,23-,25+/m0/s1. The minimum Gasteiger partial charge on any atom is -0.363 e. The molecule has 258 valence electrons. The molecule has 3 aliphatic rings. The quantitative estimate of drug-likeness (QED) is 0.193. The number of likely N-dealkylation sites (tertiary alicyclic amines) is 1. The third-order valence-corrected chi connectivity index (χ3v) is 13.0. The molecule has 3 rings (SSSR count). The average molecular weight is 664 g/mol. The minimum absolute atomic E-state index is 0.0151. The molecule has 5 atom stereocenters. The fraction of sp³-hybridized carbons (Fsp3) is 0.788. The first-order valence-corrected chi connectivity index (χ1v) is 17.8. The van der Waals surface area contributed by atoms with Crippen molar-refractivity contribution in [3.8, 4) is 12.3 Å². The Hall–Kier alpha value is -3.14. The molecule has 0 aromatic carbocycles. The van der Waals surface area contributed by atoms with Crippen molar-refractivity contribution < 1.29 is 32.4 Å². The summed E-state index contributed by atoms with van der Waals surface area (Å²) in [4.78, 5) is 67.3. The van der Waals surface area contributed by atoms with E-state index >= 15 is 0 Å². The molecule has 1 heterocycles. The van der Waals surface area contributed by atoms with Gasteiger partial charge in [-0.2, -0.15) is 0 Å². The van der Waals surface area contributed by atoms with Gasteiger partial charge in [0, 0.05) is 13.0 Å². The number of hydrogen-bond acceptors (Lipinski definition) is 7. The third-order valence-electron chi connectivity index (χ3n) is 10.2. The average Bonchev–Trinajstić information content (AvgIpc) is 3.24. The molecule has 46 heavy (non-hydrogen) atoms. The Kier molecular flexibility index (Phi) is 10.7. The van der Waals surface area contributed by atoms with Crippen LogP contribution in [0.25, 0.3) is 0 Å². The van der Waals surface area contributed by atoms with Crippen LogP contribution in [0, 0.1) is 35.0 Å². The van der Waals surface area contributed by atoms with Gasteiger partial charge in [-0.15, -0.1) is 12.3 Å². The number of sulfone groups is 1. The number of terminal acetylenes is 1. The summed E-state index contributed by atoms with van der Waals surface area (Å²) < 4.78 is 25.5. The highest BCUT2D eigenvalue weighted by Gasteiger charge is 2.70. The molecule has 3 unspecified atom stereocenters. The largest absolute Gasteiger partial charge is 0.363 e. The fourth-order valence-corrected chi connectivity index (χ4v) is 8.60. The molecular weight excluding hydrogens is 610 g/mol. The molecule has 13 heteroatoms. The Labute approximate surface area is 274 Å². The van der Waals surface area contributed by atoms with Crippen molar-refractivity contribution in [1.29, 1.82) is 0 Å². The van der Waals surface area contributed by atoms with Gasteiger partial charge in [-0.25, -0.2) is 13.2 Å². The summed E-state index contributed by atoms with van der Waals surface area (Å²) in [6.45, 7) is 14.6. The van der Waals surface area contributed by atoms with Gasteiger partial charge in [-0.3, -0.25) is 19.2 Å². The smallest absolute Gasteiger partial charge is 0.315 e. The van der Waals surface area contributed by atoms with Gasteiger partial charge in [0.2, 0.25) is 17.6 Å². The number of amides is 5. The SMILES string of the molecule is C#CCCC(NC(=O)[C@@H]1C2C(CN1C(=O)[C@@H](NC(=O)NC1(CS(=O)(=O)C(C)(C)C)CCCCC1)C(C)(C)C)C2(C)C)C(=O)C(N)=O. The van der Waals surface area contributed by atoms with E-state index in [-0.39, 0.29) is 42.4 Å². The Morgan fingerprint density at radius 3 is 2.09 bits per heavy atom. The predicted molar refractivity (Wildman–Crippen MR) is 175 cm³/mol. The van der Waals surface area contributed by atoms with Crippen molar-refractivity contribution in [2.75, 3.05) is 12.3 Å². The number of piperidine rings is 1. The Balaban J connectivity index is 1.87. The Bertz CT molecular complexity index is 1380. The van der Waals surface area contributed by atoms with Crippen molar-refractivity contribution in [2.24, 2.45) is 28.4 Å². The van der Waals surface area contributed by atoms with Crippen LogP contribution in [-0.4, -0.2) is 83.6 Å². The third kappa shape index (κ3) is 7.86. The number of nitrogens with one attached hydrogen (secondary N) is 3. The summed E-state index contributed by atoms with van der Waals surface area (Å²) in [5.74, 6) is -1.21. The van der Waals surface area contributed by atoms with Crippen molar-refractivity contribution in [2.45, 2.75) is 129 Å². The molecular formula is C33H53N5O7S. The summed E-state index contributed by atoms with van der Waals surface area (Å²) in [5.41, 5.74) is 3.22. The van der Waals surface area contributed by atoms with Crippen LogP contribution in [0.3, 0.4) is 0 Å². The predicted octanol–water partition coefficient (Wildman–Crippen LogP) is 2.05.